The van der Waals surface area contributed by atoms with E-state index in [9.17, 15) is 9.59 Å². The molecule has 0 aliphatic rings. The van der Waals surface area contributed by atoms with Crippen LogP contribution in [0.4, 0.5) is 0 Å². The van der Waals surface area contributed by atoms with Crippen LogP contribution < -0.4 is 16.6 Å². The van der Waals surface area contributed by atoms with Crippen LogP contribution in [0.3, 0.4) is 0 Å². The van der Waals surface area contributed by atoms with Crippen LogP contribution in [-0.2, 0) is 11.3 Å². The van der Waals surface area contributed by atoms with Crippen molar-refractivity contribution in [3.8, 4) is 0 Å². The Morgan fingerprint density at radius 1 is 1.42 bits per heavy atom. The fourth-order valence-electron chi connectivity index (χ4n) is 1.53. The van der Waals surface area contributed by atoms with Gasteiger partial charge in [0.05, 0.1) is 17.8 Å². The number of carbonyl (C=O) groups is 2. The zero-order valence-corrected chi connectivity index (χ0v) is 11.1. The topological polar surface area (TPSA) is 100 Å². The summed E-state index contributed by atoms with van der Waals surface area (Å²) in [7, 11) is 1.61. The summed E-state index contributed by atoms with van der Waals surface area (Å²) in [6, 6.07) is 3.40. The summed E-state index contributed by atoms with van der Waals surface area (Å²) in [5, 5.41) is 2.58. The number of aromatic nitrogens is 1. The first-order chi connectivity index (χ1) is 9.10. The molecule has 104 valence electrons. The second-order valence-electron chi connectivity index (χ2n) is 3.99. The smallest absolute Gasteiger partial charge is 0.266 e. The first-order valence-electron chi connectivity index (χ1n) is 5.99. The van der Waals surface area contributed by atoms with Gasteiger partial charge in [0, 0.05) is 19.8 Å². The third-order valence-electron chi connectivity index (χ3n) is 2.70. The highest BCUT2D eigenvalue weighted by atomic mass is 16.2. The van der Waals surface area contributed by atoms with Crippen molar-refractivity contribution in [2.75, 3.05) is 20.1 Å². The molecule has 0 saturated heterocycles. The fraction of sp³-hybridized carbons (Fsp3) is 0.417. The minimum Gasteiger partial charge on any atom is -0.358 e. The molecule has 1 aromatic heterocycles. The Morgan fingerprint density at radius 2 is 2.16 bits per heavy atom. The highest BCUT2D eigenvalue weighted by molar-refractivity contribution is 5.93. The number of carbonyl (C=O) groups excluding carboxylic acids is 2. The van der Waals surface area contributed by atoms with E-state index in [1.807, 2.05) is 17.2 Å². The summed E-state index contributed by atoms with van der Waals surface area (Å²) in [5.74, 6) is 4.62. The fourth-order valence-corrected chi connectivity index (χ4v) is 1.53. The third-order valence-corrected chi connectivity index (χ3v) is 2.70. The molecule has 0 aliphatic carbocycles. The van der Waals surface area contributed by atoms with Crippen molar-refractivity contribution in [2.45, 2.75) is 13.5 Å². The molecule has 4 N–H and O–H groups in total. The lowest BCUT2D eigenvalue weighted by atomic mass is 10.2. The number of pyridine rings is 1. The van der Waals surface area contributed by atoms with E-state index in [-0.39, 0.29) is 11.8 Å². The maximum atomic E-state index is 11.3. The van der Waals surface area contributed by atoms with E-state index in [0.29, 0.717) is 18.7 Å². The molecule has 1 aromatic rings. The van der Waals surface area contributed by atoms with Gasteiger partial charge in [-0.3, -0.25) is 24.9 Å². The SMILES string of the molecule is CCN(CC(=O)NC)Cc1ccc(C(=O)NN)cn1. The molecule has 19 heavy (non-hydrogen) atoms. The van der Waals surface area contributed by atoms with E-state index in [2.05, 4.69) is 10.3 Å². The maximum Gasteiger partial charge on any atom is 0.266 e. The number of amides is 2. The predicted molar refractivity (Wildman–Crippen MR) is 70.9 cm³/mol. The molecule has 2 amide bonds. The van der Waals surface area contributed by atoms with E-state index in [1.54, 1.807) is 19.2 Å². The van der Waals surface area contributed by atoms with Gasteiger partial charge in [-0.05, 0) is 18.7 Å². The highest BCUT2D eigenvalue weighted by Gasteiger charge is 2.10. The van der Waals surface area contributed by atoms with Gasteiger partial charge in [0.15, 0.2) is 0 Å². The largest absolute Gasteiger partial charge is 0.358 e. The van der Waals surface area contributed by atoms with E-state index in [1.165, 1.54) is 6.20 Å². The lowest BCUT2D eigenvalue weighted by Crippen LogP contribution is -2.35. The molecule has 0 aromatic carbocycles. The van der Waals surface area contributed by atoms with Crippen LogP contribution in [0.25, 0.3) is 0 Å². The van der Waals surface area contributed by atoms with Crippen LogP contribution in [0.5, 0.6) is 0 Å². The zero-order chi connectivity index (χ0) is 14.3. The van der Waals surface area contributed by atoms with Crippen LogP contribution in [-0.4, -0.2) is 41.8 Å². The molecule has 7 nitrogen and oxygen atoms in total. The molecule has 7 heteroatoms. The van der Waals surface area contributed by atoms with Crippen molar-refractivity contribution in [1.29, 1.82) is 0 Å². The van der Waals surface area contributed by atoms with E-state index < -0.39 is 0 Å². The summed E-state index contributed by atoms with van der Waals surface area (Å²) < 4.78 is 0. The van der Waals surface area contributed by atoms with Gasteiger partial charge >= 0.3 is 0 Å². The Hall–Kier alpha value is -1.99. The van der Waals surface area contributed by atoms with Crippen LogP contribution in [0, 0.1) is 0 Å². The third kappa shape index (κ3) is 4.65. The summed E-state index contributed by atoms with van der Waals surface area (Å²) in [6.07, 6.45) is 1.46. The summed E-state index contributed by atoms with van der Waals surface area (Å²) in [5.41, 5.74) is 3.24. The quantitative estimate of drug-likeness (QED) is 0.357. The highest BCUT2D eigenvalue weighted by Crippen LogP contribution is 2.04. The molecule has 0 atom stereocenters. The lowest BCUT2D eigenvalue weighted by molar-refractivity contribution is -0.121. The van der Waals surface area contributed by atoms with Crippen molar-refractivity contribution >= 4 is 11.8 Å². The van der Waals surface area contributed by atoms with Crippen molar-refractivity contribution in [2.24, 2.45) is 5.84 Å². The molecule has 0 fully saturated rings. The predicted octanol–water partition coefficient (Wildman–Crippen LogP) is -0.747. The summed E-state index contributed by atoms with van der Waals surface area (Å²) in [6.45, 7) is 3.58. The first kappa shape index (κ1) is 15.1. The van der Waals surface area contributed by atoms with Crippen LogP contribution >= 0.6 is 0 Å². The molecular formula is C12H19N5O2. The Balaban J connectivity index is 2.65. The van der Waals surface area contributed by atoms with Gasteiger partial charge in [-0.25, -0.2) is 5.84 Å². The molecule has 1 heterocycles. The number of nitrogens with one attached hydrogen (secondary N) is 2. The average molecular weight is 265 g/mol. The maximum absolute atomic E-state index is 11.3. The second kappa shape index (κ2) is 7.45. The minimum absolute atomic E-state index is 0.0408. The standard InChI is InChI=1S/C12H19N5O2/c1-3-17(8-11(18)14-2)7-10-5-4-9(6-15-10)12(19)16-13/h4-6H,3,7-8,13H2,1-2H3,(H,14,18)(H,16,19). The second-order valence-corrected chi connectivity index (χ2v) is 3.99. The number of hydrazine groups is 1. The molecule has 1 rings (SSSR count). The first-order valence-corrected chi connectivity index (χ1v) is 5.99. The van der Waals surface area contributed by atoms with Crippen molar-refractivity contribution in [3.63, 3.8) is 0 Å². The van der Waals surface area contributed by atoms with Gasteiger partial charge in [-0.1, -0.05) is 6.92 Å². The molecule has 0 radical (unpaired) electrons. The normalized spacial score (nSPS) is 10.3. The molecular weight excluding hydrogens is 246 g/mol. The Kier molecular flexibility index (Phi) is 5.91. The number of nitrogen functional groups attached to an aromatic ring is 1. The Morgan fingerprint density at radius 3 is 2.63 bits per heavy atom. The Bertz CT molecular complexity index is 432. The molecule has 0 saturated carbocycles. The minimum atomic E-state index is -0.378. The van der Waals surface area contributed by atoms with Crippen molar-refractivity contribution in [3.05, 3.63) is 29.6 Å². The van der Waals surface area contributed by atoms with Crippen molar-refractivity contribution in [1.82, 2.24) is 20.6 Å². The zero-order valence-electron chi connectivity index (χ0n) is 11.1. The van der Waals surface area contributed by atoms with E-state index in [4.69, 9.17) is 5.84 Å². The summed E-state index contributed by atoms with van der Waals surface area (Å²) >= 11 is 0. The van der Waals surface area contributed by atoms with E-state index >= 15 is 0 Å². The van der Waals surface area contributed by atoms with Crippen molar-refractivity contribution < 1.29 is 9.59 Å². The average Bonchev–Trinajstić information content (AvgIpc) is 2.46. The van der Waals surface area contributed by atoms with E-state index in [0.717, 1.165) is 12.2 Å². The number of rotatable bonds is 6. The number of likely N-dealkylation sites (N-methyl/N-ethyl adjacent to an activating group) is 2. The van der Waals surface area contributed by atoms with Gasteiger partial charge in [0.25, 0.3) is 5.91 Å². The number of nitrogens with zero attached hydrogens (tertiary/aromatic N) is 2. The van der Waals surface area contributed by atoms with Crippen LogP contribution in [0.2, 0.25) is 0 Å². The van der Waals surface area contributed by atoms with Gasteiger partial charge in [-0.2, -0.15) is 0 Å². The monoisotopic (exact) mass is 265 g/mol. The molecule has 0 bridgehead atoms. The summed E-state index contributed by atoms with van der Waals surface area (Å²) in [4.78, 5) is 28.7. The van der Waals surface area contributed by atoms with Gasteiger partial charge in [0.1, 0.15) is 0 Å². The van der Waals surface area contributed by atoms with Gasteiger partial charge < -0.3 is 5.32 Å². The number of hydrogen-bond donors (Lipinski definition) is 3. The molecule has 0 aliphatic heterocycles. The number of hydrogen-bond acceptors (Lipinski definition) is 5. The van der Waals surface area contributed by atoms with Gasteiger partial charge in [0.2, 0.25) is 5.91 Å². The number of nitrogens with two attached hydrogens (primary N) is 1. The lowest BCUT2D eigenvalue weighted by Gasteiger charge is -2.18. The molecule has 0 unspecified atom stereocenters. The van der Waals surface area contributed by atoms with Crippen LogP contribution in [0.15, 0.2) is 18.3 Å². The molecule has 0 spiro atoms. The van der Waals surface area contributed by atoms with Crippen LogP contribution in [0.1, 0.15) is 23.0 Å². The van der Waals surface area contributed by atoms with Gasteiger partial charge in [-0.15, -0.1) is 0 Å². The Labute approximate surface area is 112 Å².